The smallest absolute Gasteiger partial charge is 0.288 e. The summed E-state index contributed by atoms with van der Waals surface area (Å²) in [5.74, 6) is 0. The van der Waals surface area contributed by atoms with Crippen LogP contribution < -0.4 is 4.72 Å². The van der Waals surface area contributed by atoms with Gasteiger partial charge in [0.25, 0.3) is 6.02 Å². The average Bonchev–Trinajstić information content (AvgIpc) is 2.89. The van der Waals surface area contributed by atoms with Crippen LogP contribution in [0.15, 0.2) is 77.8 Å². The van der Waals surface area contributed by atoms with Crippen molar-refractivity contribution >= 4 is 33.3 Å². The van der Waals surface area contributed by atoms with Gasteiger partial charge in [-0.3, -0.25) is 4.72 Å². The minimum absolute atomic E-state index is 0.204. The molecular weight excluding hydrogens is 446 g/mol. The van der Waals surface area contributed by atoms with Crippen molar-refractivity contribution in [3.05, 3.63) is 100 Å². The van der Waals surface area contributed by atoms with Gasteiger partial charge in [0.05, 0.1) is 6.26 Å². The number of amidine groups is 1. The molecule has 1 aliphatic heterocycles. The van der Waals surface area contributed by atoms with Gasteiger partial charge in [0.15, 0.2) is 0 Å². The Morgan fingerprint density at radius 3 is 2.44 bits per heavy atom. The van der Waals surface area contributed by atoms with E-state index in [1.165, 1.54) is 5.56 Å². The van der Waals surface area contributed by atoms with Gasteiger partial charge in [-0.25, -0.2) is 13.4 Å². The van der Waals surface area contributed by atoms with Crippen molar-refractivity contribution in [2.24, 2.45) is 4.99 Å². The van der Waals surface area contributed by atoms with E-state index in [1.54, 1.807) is 12.1 Å². The molecule has 0 unspecified atom stereocenters. The lowest BCUT2D eigenvalue weighted by molar-refractivity contribution is 0.231. The van der Waals surface area contributed by atoms with Gasteiger partial charge in [-0.2, -0.15) is 0 Å². The molecule has 1 aliphatic rings. The summed E-state index contributed by atoms with van der Waals surface area (Å²) in [7, 11) is -1.35. The molecule has 0 radical (unpaired) electrons. The summed E-state index contributed by atoms with van der Waals surface area (Å²) >= 11 is 6.09. The number of hydrogen-bond acceptors (Lipinski definition) is 5. The molecule has 0 bridgehead atoms. The first-order valence-corrected chi connectivity index (χ1v) is 12.4. The zero-order valence-corrected chi connectivity index (χ0v) is 19.4. The highest BCUT2D eigenvalue weighted by molar-refractivity contribution is 7.92. The largest absolute Gasteiger partial charge is 0.460 e. The van der Waals surface area contributed by atoms with Crippen LogP contribution in [0.4, 0.5) is 5.69 Å². The highest BCUT2D eigenvalue weighted by Crippen LogP contribution is 2.33. The number of rotatable bonds is 5. The standard InChI is InChI=1S/C24H24ClN3O3S/c1-28-15-19-5-3-4-6-22(19)23(18-9-11-20(25)12-10-18)26-24(28)31-16-17-7-13-21(14-8-17)27-32(2,29)30/h3-14,23,27H,15-16H2,1-2H3/t23-/m1/s1. The minimum atomic E-state index is -3.31. The predicted octanol–water partition coefficient (Wildman–Crippen LogP) is 4.82. The Hall–Kier alpha value is -3.03. The van der Waals surface area contributed by atoms with Crippen molar-refractivity contribution < 1.29 is 13.2 Å². The second-order valence-electron chi connectivity index (χ2n) is 7.78. The van der Waals surface area contributed by atoms with E-state index in [0.29, 0.717) is 29.9 Å². The SMILES string of the molecule is CN1Cc2ccccc2[C@@H](c2ccc(Cl)cc2)N=C1OCc1ccc(NS(C)(=O)=O)cc1. The summed E-state index contributed by atoms with van der Waals surface area (Å²) in [6.45, 7) is 0.988. The van der Waals surface area contributed by atoms with Crippen LogP contribution in [0.1, 0.15) is 28.3 Å². The van der Waals surface area contributed by atoms with E-state index >= 15 is 0 Å². The molecule has 0 spiro atoms. The van der Waals surface area contributed by atoms with Crippen LogP contribution in [-0.4, -0.2) is 32.6 Å². The number of halogens is 1. The molecule has 0 amide bonds. The highest BCUT2D eigenvalue weighted by atomic mass is 35.5. The zero-order valence-electron chi connectivity index (χ0n) is 17.8. The molecule has 0 fully saturated rings. The molecule has 32 heavy (non-hydrogen) atoms. The Bertz CT molecular complexity index is 1230. The Balaban J connectivity index is 1.58. The van der Waals surface area contributed by atoms with Crippen LogP contribution in [0.5, 0.6) is 0 Å². The zero-order chi connectivity index (χ0) is 22.7. The Morgan fingerprint density at radius 1 is 1.06 bits per heavy atom. The summed E-state index contributed by atoms with van der Waals surface area (Å²) in [5, 5.41) is 0.682. The molecule has 1 N–H and O–H groups in total. The molecule has 0 saturated heterocycles. The van der Waals surface area contributed by atoms with Crippen molar-refractivity contribution in [3.63, 3.8) is 0 Å². The molecule has 0 aliphatic carbocycles. The topological polar surface area (TPSA) is 71.0 Å². The van der Waals surface area contributed by atoms with Crippen LogP contribution in [0, 0.1) is 0 Å². The number of fused-ring (bicyclic) bond motifs is 1. The van der Waals surface area contributed by atoms with Gasteiger partial charge in [-0.1, -0.05) is 60.1 Å². The highest BCUT2D eigenvalue weighted by Gasteiger charge is 2.24. The number of aliphatic imine (C=N–C) groups is 1. The maximum Gasteiger partial charge on any atom is 0.288 e. The summed E-state index contributed by atoms with van der Waals surface area (Å²) in [4.78, 5) is 6.96. The molecule has 8 heteroatoms. The van der Waals surface area contributed by atoms with Crippen molar-refractivity contribution in [2.75, 3.05) is 18.0 Å². The Morgan fingerprint density at radius 2 is 1.75 bits per heavy atom. The van der Waals surface area contributed by atoms with Crippen molar-refractivity contribution in [2.45, 2.75) is 19.2 Å². The molecule has 4 rings (SSSR count). The van der Waals surface area contributed by atoms with Gasteiger partial charge in [0, 0.05) is 24.3 Å². The summed E-state index contributed by atoms with van der Waals surface area (Å²) in [6, 6.07) is 23.4. The van der Waals surface area contributed by atoms with Crippen LogP contribution in [0.3, 0.4) is 0 Å². The van der Waals surface area contributed by atoms with E-state index < -0.39 is 10.0 Å². The van der Waals surface area contributed by atoms with E-state index in [9.17, 15) is 8.42 Å². The van der Waals surface area contributed by atoms with Crippen LogP contribution in [0.2, 0.25) is 5.02 Å². The third kappa shape index (κ3) is 5.41. The van der Waals surface area contributed by atoms with E-state index in [4.69, 9.17) is 21.3 Å². The molecular formula is C24H24ClN3O3S. The molecule has 1 atom stereocenters. The third-order valence-electron chi connectivity index (χ3n) is 5.13. The van der Waals surface area contributed by atoms with Crippen LogP contribution in [-0.2, 0) is 27.9 Å². The van der Waals surface area contributed by atoms with Gasteiger partial charge in [0.2, 0.25) is 10.0 Å². The normalized spacial score (nSPS) is 16.0. The molecule has 166 valence electrons. The first-order chi connectivity index (χ1) is 15.3. The summed E-state index contributed by atoms with van der Waals surface area (Å²) in [5.41, 5.74) is 4.78. The fourth-order valence-corrected chi connectivity index (χ4v) is 4.31. The Labute approximate surface area is 193 Å². The van der Waals surface area contributed by atoms with Gasteiger partial charge < -0.3 is 9.64 Å². The molecule has 3 aromatic rings. The predicted molar refractivity (Wildman–Crippen MR) is 128 cm³/mol. The van der Waals surface area contributed by atoms with Crippen molar-refractivity contribution in [1.29, 1.82) is 0 Å². The quantitative estimate of drug-likeness (QED) is 0.581. The second-order valence-corrected chi connectivity index (χ2v) is 9.97. The molecule has 0 aromatic heterocycles. The molecule has 6 nitrogen and oxygen atoms in total. The van der Waals surface area contributed by atoms with Crippen molar-refractivity contribution in [1.82, 2.24) is 4.90 Å². The van der Waals surface area contributed by atoms with Gasteiger partial charge >= 0.3 is 0 Å². The number of nitrogens with zero attached hydrogens (tertiary/aromatic N) is 2. The number of anilines is 1. The maximum atomic E-state index is 11.4. The molecule has 3 aromatic carbocycles. The first-order valence-electron chi connectivity index (χ1n) is 10.1. The fourth-order valence-electron chi connectivity index (χ4n) is 3.62. The van der Waals surface area contributed by atoms with Gasteiger partial charge in [-0.15, -0.1) is 0 Å². The van der Waals surface area contributed by atoms with E-state index in [1.807, 2.05) is 60.5 Å². The average molecular weight is 470 g/mol. The Kier molecular flexibility index (Phi) is 6.39. The van der Waals surface area contributed by atoms with E-state index in [2.05, 4.69) is 16.9 Å². The minimum Gasteiger partial charge on any atom is -0.460 e. The maximum absolute atomic E-state index is 11.4. The number of benzene rings is 3. The lowest BCUT2D eigenvalue weighted by atomic mass is 9.95. The fraction of sp³-hybridized carbons (Fsp3) is 0.208. The summed E-state index contributed by atoms with van der Waals surface area (Å²) in [6.07, 6.45) is 1.12. The number of hydrogen-bond donors (Lipinski definition) is 1. The monoisotopic (exact) mass is 469 g/mol. The van der Waals surface area contributed by atoms with Gasteiger partial charge in [0.1, 0.15) is 12.6 Å². The molecule has 1 heterocycles. The van der Waals surface area contributed by atoms with E-state index in [0.717, 1.165) is 22.9 Å². The summed E-state index contributed by atoms with van der Waals surface area (Å²) < 4.78 is 31.3. The number of ether oxygens (including phenoxy) is 1. The molecule has 0 saturated carbocycles. The number of nitrogens with one attached hydrogen (secondary N) is 1. The van der Waals surface area contributed by atoms with Gasteiger partial charge in [-0.05, 0) is 46.5 Å². The lowest BCUT2D eigenvalue weighted by Gasteiger charge is -2.20. The van der Waals surface area contributed by atoms with Crippen molar-refractivity contribution in [3.8, 4) is 0 Å². The third-order valence-corrected chi connectivity index (χ3v) is 5.99. The van der Waals surface area contributed by atoms with Crippen LogP contribution in [0.25, 0.3) is 0 Å². The first kappa shape index (κ1) is 22.2. The van der Waals surface area contributed by atoms with E-state index in [-0.39, 0.29) is 6.04 Å². The van der Waals surface area contributed by atoms with Crippen LogP contribution >= 0.6 is 11.6 Å². The lowest BCUT2D eigenvalue weighted by Crippen LogP contribution is -2.27. The second kappa shape index (κ2) is 9.22. The number of sulfonamides is 1.